The van der Waals surface area contributed by atoms with Gasteiger partial charge in [0.25, 0.3) is 0 Å². The lowest BCUT2D eigenvalue weighted by Crippen LogP contribution is -2.12. The van der Waals surface area contributed by atoms with Gasteiger partial charge < -0.3 is 10.8 Å². The van der Waals surface area contributed by atoms with Crippen LogP contribution in [0, 0.1) is 0 Å². The minimum atomic E-state index is -0.693. The summed E-state index contributed by atoms with van der Waals surface area (Å²) in [7, 11) is 0. The molecule has 0 amide bonds. The third kappa shape index (κ3) is 8.16. The molecule has 0 aromatic heterocycles. The van der Waals surface area contributed by atoms with E-state index in [1.807, 2.05) is 25.1 Å². The van der Waals surface area contributed by atoms with Crippen molar-refractivity contribution in [2.24, 2.45) is 5.73 Å². The first kappa shape index (κ1) is 15.3. The predicted molar refractivity (Wildman–Crippen MR) is 67.0 cm³/mol. The summed E-state index contributed by atoms with van der Waals surface area (Å²) in [4.78, 5) is 20.6. The van der Waals surface area contributed by atoms with Crippen LogP contribution >= 0.6 is 0 Å². The zero-order valence-electron chi connectivity index (χ0n) is 10.1. The molecule has 0 aliphatic heterocycles. The summed E-state index contributed by atoms with van der Waals surface area (Å²) < 4.78 is 0. The zero-order valence-corrected chi connectivity index (χ0v) is 10.1. The second-order valence-corrected chi connectivity index (χ2v) is 3.49. The molecule has 3 N–H and O–H groups in total. The number of hydrogen-bond donors (Lipinski definition) is 2. The number of aliphatic carboxylic acids is 1. The average Bonchev–Trinajstić information content (AvgIpc) is 2.37. The topological polar surface area (TPSA) is 80.4 Å². The Morgan fingerprint density at radius 2 is 1.82 bits per heavy atom. The van der Waals surface area contributed by atoms with Crippen LogP contribution in [-0.2, 0) is 4.79 Å². The number of benzene rings is 1. The summed E-state index contributed by atoms with van der Waals surface area (Å²) in [6.45, 7) is 2.06. The Labute approximate surface area is 101 Å². The smallest absolute Gasteiger partial charge is 0.303 e. The number of carbonyl (C=O) groups excluding carboxylic acids is 1. The molecule has 0 saturated carbocycles. The van der Waals surface area contributed by atoms with Crippen LogP contribution in [-0.4, -0.2) is 23.4 Å². The molecule has 0 saturated heterocycles. The van der Waals surface area contributed by atoms with Gasteiger partial charge in [-0.15, -0.1) is 0 Å². The summed E-state index contributed by atoms with van der Waals surface area (Å²) in [5, 5.41) is 8.04. The van der Waals surface area contributed by atoms with Gasteiger partial charge in [0.2, 0.25) is 0 Å². The van der Waals surface area contributed by atoms with Gasteiger partial charge >= 0.3 is 5.97 Å². The fourth-order valence-electron chi connectivity index (χ4n) is 1.07. The van der Waals surface area contributed by atoms with E-state index in [2.05, 4.69) is 0 Å². The van der Waals surface area contributed by atoms with Crippen LogP contribution in [0.3, 0.4) is 0 Å². The minimum absolute atomic E-state index is 0.0133. The quantitative estimate of drug-likeness (QED) is 0.768. The number of nitrogens with two attached hydrogens (primary N) is 1. The van der Waals surface area contributed by atoms with Crippen molar-refractivity contribution in [3.8, 4) is 0 Å². The summed E-state index contributed by atoms with van der Waals surface area (Å²) in [6, 6.07) is 9.03. The van der Waals surface area contributed by atoms with Crippen LogP contribution in [0.2, 0.25) is 0 Å². The van der Waals surface area contributed by atoms with Crippen LogP contribution in [0.4, 0.5) is 0 Å². The van der Waals surface area contributed by atoms with E-state index in [9.17, 15) is 9.59 Å². The Morgan fingerprint density at radius 3 is 2.18 bits per heavy atom. The van der Waals surface area contributed by atoms with Gasteiger partial charge in [-0.05, 0) is 6.42 Å². The van der Waals surface area contributed by atoms with Crippen molar-refractivity contribution in [2.45, 2.75) is 26.2 Å². The Kier molecular flexibility index (Phi) is 8.60. The summed E-state index contributed by atoms with van der Waals surface area (Å²) in [5.74, 6) is -0.706. The SMILES string of the molecule is CCCCC(=O)O.NCC(=O)c1ccccc1. The Hall–Kier alpha value is -1.68. The molecule has 0 aliphatic carbocycles. The van der Waals surface area contributed by atoms with E-state index >= 15 is 0 Å². The molecule has 0 fully saturated rings. The first-order valence-corrected chi connectivity index (χ1v) is 5.62. The molecule has 1 aromatic rings. The zero-order chi connectivity index (χ0) is 13.1. The van der Waals surface area contributed by atoms with Gasteiger partial charge in [0.05, 0.1) is 6.54 Å². The maximum Gasteiger partial charge on any atom is 0.303 e. The summed E-state index contributed by atoms with van der Waals surface area (Å²) >= 11 is 0. The van der Waals surface area contributed by atoms with Gasteiger partial charge in [0.15, 0.2) is 5.78 Å². The number of carboxylic acids is 1. The van der Waals surface area contributed by atoms with Crippen molar-refractivity contribution < 1.29 is 14.7 Å². The first-order chi connectivity index (χ1) is 8.11. The maximum atomic E-state index is 10.9. The molecule has 4 heteroatoms. The average molecular weight is 237 g/mol. The van der Waals surface area contributed by atoms with E-state index in [1.54, 1.807) is 12.1 Å². The number of ketones is 1. The van der Waals surface area contributed by atoms with Gasteiger partial charge in [-0.25, -0.2) is 0 Å². The van der Waals surface area contributed by atoms with Crippen LogP contribution in [0.5, 0.6) is 0 Å². The van der Waals surface area contributed by atoms with E-state index in [0.29, 0.717) is 12.0 Å². The molecule has 0 unspecified atom stereocenters. The second kappa shape index (κ2) is 9.54. The third-order valence-electron chi connectivity index (χ3n) is 2.03. The first-order valence-electron chi connectivity index (χ1n) is 5.62. The van der Waals surface area contributed by atoms with E-state index in [0.717, 1.165) is 12.8 Å². The van der Waals surface area contributed by atoms with Crippen LogP contribution < -0.4 is 5.73 Å². The highest BCUT2D eigenvalue weighted by atomic mass is 16.4. The minimum Gasteiger partial charge on any atom is -0.481 e. The van der Waals surface area contributed by atoms with E-state index in [-0.39, 0.29) is 12.3 Å². The largest absolute Gasteiger partial charge is 0.481 e. The number of rotatable bonds is 5. The van der Waals surface area contributed by atoms with Gasteiger partial charge in [0, 0.05) is 12.0 Å². The normalized spacial score (nSPS) is 9.06. The highest BCUT2D eigenvalue weighted by Gasteiger charge is 1.98. The molecule has 1 rings (SSSR count). The lowest BCUT2D eigenvalue weighted by atomic mass is 10.1. The van der Waals surface area contributed by atoms with Gasteiger partial charge in [-0.1, -0.05) is 43.7 Å². The lowest BCUT2D eigenvalue weighted by molar-refractivity contribution is -0.137. The lowest BCUT2D eigenvalue weighted by Gasteiger charge is -1.93. The van der Waals surface area contributed by atoms with Crippen molar-refractivity contribution in [3.63, 3.8) is 0 Å². The number of hydrogen-bond acceptors (Lipinski definition) is 3. The van der Waals surface area contributed by atoms with Gasteiger partial charge in [-0.3, -0.25) is 9.59 Å². The summed E-state index contributed by atoms with van der Waals surface area (Å²) in [5.41, 5.74) is 5.84. The van der Waals surface area contributed by atoms with Crippen molar-refractivity contribution in [3.05, 3.63) is 35.9 Å². The molecule has 0 bridgehead atoms. The highest BCUT2D eigenvalue weighted by molar-refractivity contribution is 5.97. The standard InChI is InChI=1S/C8H9NO.C5H10O2/c9-6-8(10)7-4-2-1-3-5-7;1-2-3-4-5(6)7/h1-5H,6,9H2;2-4H2,1H3,(H,6,7). The molecule has 0 heterocycles. The Balaban J connectivity index is 0.000000325. The van der Waals surface area contributed by atoms with Crippen molar-refractivity contribution in [2.75, 3.05) is 6.54 Å². The number of Topliss-reactive ketones (excluding diaryl/α,β-unsaturated/α-hetero) is 1. The van der Waals surface area contributed by atoms with Crippen molar-refractivity contribution in [1.82, 2.24) is 0 Å². The molecule has 0 atom stereocenters. The van der Waals surface area contributed by atoms with Crippen LogP contribution in [0.1, 0.15) is 36.5 Å². The molecule has 4 nitrogen and oxygen atoms in total. The monoisotopic (exact) mass is 237 g/mol. The molecule has 1 aromatic carbocycles. The molecule has 17 heavy (non-hydrogen) atoms. The molecular weight excluding hydrogens is 218 g/mol. The van der Waals surface area contributed by atoms with Gasteiger partial charge in [-0.2, -0.15) is 0 Å². The molecule has 0 aliphatic rings. The van der Waals surface area contributed by atoms with Crippen molar-refractivity contribution in [1.29, 1.82) is 0 Å². The Bertz CT molecular complexity index is 336. The fraction of sp³-hybridized carbons (Fsp3) is 0.385. The molecule has 0 radical (unpaired) electrons. The van der Waals surface area contributed by atoms with Crippen LogP contribution in [0.15, 0.2) is 30.3 Å². The van der Waals surface area contributed by atoms with E-state index < -0.39 is 5.97 Å². The number of unbranched alkanes of at least 4 members (excludes halogenated alkanes) is 1. The Morgan fingerprint density at radius 1 is 1.24 bits per heavy atom. The molecule has 94 valence electrons. The van der Waals surface area contributed by atoms with Crippen LogP contribution in [0.25, 0.3) is 0 Å². The molecular formula is C13H19NO3. The third-order valence-corrected chi connectivity index (χ3v) is 2.03. The second-order valence-electron chi connectivity index (χ2n) is 3.49. The number of carbonyl (C=O) groups is 2. The predicted octanol–water partition coefficient (Wildman–Crippen LogP) is 2.09. The van der Waals surface area contributed by atoms with Crippen molar-refractivity contribution >= 4 is 11.8 Å². The van der Waals surface area contributed by atoms with E-state index in [1.165, 1.54) is 0 Å². The van der Waals surface area contributed by atoms with E-state index in [4.69, 9.17) is 10.8 Å². The summed E-state index contributed by atoms with van der Waals surface area (Å²) in [6.07, 6.45) is 2.08. The fourth-order valence-corrected chi connectivity index (χ4v) is 1.07. The highest BCUT2D eigenvalue weighted by Crippen LogP contribution is 1.97. The maximum absolute atomic E-state index is 10.9. The van der Waals surface area contributed by atoms with Gasteiger partial charge in [0.1, 0.15) is 0 Å². The number of carboxylic acid groups (broad SMARTS) is 1. The molecule has 0 spiro atoms.